The molecule has 0 aliphatic carbocycles. The Hall–Kier alpha value is -1.14. The Balaban J connectivity index is 2.32. The van der Waals surface area contributed by atoms with E-state index in [1.807, 2.05) is 0 Å². The summed E-state index contributed by atoms with van der Waals surface area (Å²) in [5, 5.41) is 13.4. The average molecular weight is 246 g/mol. The molecule has 1 aromatic rings. The zero-order valence-electron chi connectivity index (χ0n) is 9.09. The minimum atomic E-state index is -4.47. The van der Waals surface area contributed by atoms with Gasteiger partial charge in [-0.1, -0.05) is 0 Å². The lowest BCUT2D eigenvalue weighted by Gasteiger charge is -2.33. The quantitative estimate of drug-likeness (QED) is 0.792. The Labute approximate surface area is 96.7 Å². The Morgan fingerprint density at radius 3 is 2.53 bits per heavy atom. The Bertz CT molecular complexity index is 400. The van der Waals surface area contributed by atoms with E-state index >= 15 is 0 Å². The van der Waals surface area contributed by atoms with Gasteiger partial charge in [0.05, 0.1) is 5.60 Å². The predicted molar refractivity (Wildman–Crippen MR) is 55.2 cm³/mol. The molecular weight excluding hydrogens is 233 g/mol. The van der Waals surface area contributed by atoms with Crippen molar-refractivity contribution >= 4 is 0 Å². The fourth-order valence-electron chi connectivity index (χ4n) is 2.00. The summed E-state index contributed by atoms with van der Waals surface area (Å²) >= 11 is 0. The number of nitrogens with zero attached hydrogens (tertiary/aromatic N) is 1. The molecule has 1 aliphatic rings. The van der Waals surface area contributed by atoms with Crippen molar-refractivity contribution in [2.24, 2.45) is 0 Å². The molecule has 0 aromatic carbocycles. The Morgan fingerprint density at radius 2 is 1.94 bits per heavy atom. The second-order valence-corrected chi connectivity index (χ2v) is 4.21. The van der Waals surface area contributed by atoms with Crippen molar-refractivity contribution in [2.45, 2.75) is 24.6 Å². The third-order valence-electron chi connectivity index (χ3n) is 3.02. The Morgan fingerprint density at radius 1 is 1.29 bits per heavy atom. The third-order valence-corrected chi connectivity index (χ3v) is 3.02. The van der Waals surface area contributed by atoms with Crippen LogP contribution in [-0.2, 0) is 11.8 Å². The number of alkyl halides is 3. The number of piperidine rings is 1. The molecule has 0 bridgehead atoms. The summed E-state index contributed by atoms with van der Waals surface area (Å²) in [5.74, 6) is 0. The van der Waals surface area contributed by atoms with Crippen LogP contribution in [-0.4, -0.2) is 23.2 Å². The van der Waals surface area contributed by atoms with E-state index in [9.17, 15) is 18.3 Å². The van der Waals surface area contributed by atoms with Crippen LogP contribution in [0.3, 0.4) is 0 Å². The molecule has 17 heavy (non-hydrogen) atoms. The fourth-order valence-corrected chi connectivity index (χ4v) is 2.00. The van der Waals surface area contributed by atoms with Gasteiger partial charge in [-0.25, -0.2) is 0 Å². The molecule has 3 nitrogen and oxygen atoms in total. The van der Waals surface area contributed by atoms with Crippen LogP contribution in [0.2, 0.25) is 0 Å². The SMILES string of the molecule is OC1(c2ccnc(C(F)(F)F)c2)CCNCC1. The highest BCUT2D eigenvalue weighted by Crippen LogP contribution is 2.34. The number of hydrogen-bond acceptors (Lipinski definition) is 3. The first kappa shape index (κ1) is 12.3. The molecule has 6 heteroatoms. The molecule has 2 N–H and O–H groups in total. The predicted octanol–water partition coefficient (Wildman–Crippen LogP) is 1.67. The highest BCUT2D eigenvalue weighted by atomic mass is 19.4. The molecule has 1 aromatic heterocycles. The van der Waals surface area contributed by atoms with Crippen LogP contribution in [0.1, 0.15) is 24.1 Å². The number of pyridine rings is 1. The Kier molecular flexibility index (Phi) is 3.09. The van der Waals surface area contributed by atoms with Crippen molar-refractivity contribution in [1.82, 2.24) is 10.3 Å². The summed E-state index contributed by atoms with van der Waals surface area (Å²) in [6.07, 6.45) is -2.56. The van der Waals surface area contributed by atoms with Crippen LogP contribution in [0.25, 0.3) is 0 Å². The van der Waals surface area contributed by atoms with Crippen molar-refractivity contribution in [3.05, 3.63) is 29.6 Å². The normalized spacial score (nSPS) is 20.2. The zero-order valence-corrected chi connectivity index (χ0v) is 9.09. The van der Waals surface area contributed by atoms with Crippen LogP contribution >= 0.6 is 0 Å². The maximum atomic E-state index is 12.5. The first-order valence-corrected chi connectivity index (χ1v) is 5.39. The van der Waals surface area contributed by atoms with Crippen LogP contribution in [0, 0.1) is 0 Å². The van der Waals surface area contributed by atoms with E-state index < -0.39 is 17.5 Å². The van der Waals surface area contributed by atoms with E-state index in [-0.39, 0.29) is 0 Å². The van der Waals surface area contributed by atoms with Crippen molar-refractivity contribution < 1.29 is 18.3 Å². The molecule has 94 valence electrons. The molecule has 1 fully saturated rings. The summed E-state index contributed by atoms with van der Waals surface area (Å²) in [5.41, 5.74) is -1.84. The largest absolute Gasteiger partial charge is 0.433 e. The summed E-state index contributed by atoms with van der Waals surface area (Å²) in [6.45, 7) is 1.19. The maximum Gasteiger partial charge on any atom is 0.433 e. The molecule has 0 saturated carbocycles. The topological polar surface area (TPSA) is 45.2 Å². The molecule has 0 radical (unpaired) electrons. The second kappa shape index (κ2) is 4.27. The van der Waals surface area contributed by atoms with E-state index in [4.69, 9.17) is 0 Å². The van der Waals surface area contributed by atoms with Gasteiger partial charge < -0.3 is 10.4 Å². The van der Waals surface area contributed by atoms with Gasteiger partial charge in [0, 0.05) is 6.20 Å². The van der Waals surface area contributed by atoms with Crippen LogP contribution in [0.4, 0.5) is 13.2 Å². The second-order valence-electron chi connectivity index (χ2n) is 4.21. The molecule has 1 aliphatic heterocycles. The van der Waals surface area contributed by atoms with Gasteiger partial charge in [-0.2, -0.15) is 13.2 Å². The van der Waals surface area contributed by atoms with E-state index in [0.29, 0.717) is 31.5 Å². The summed E-state index contributed by atoms with van der Waals surface area (Å²) in [6, 6.07) is 2.38. The standard InChI is InChI=1S/C11H13F3N2O/c12-11(13,14)9-7-8(1-4-16-9)10(17)2-5-15-6-3-10/h1,4,7,15,17H,2-3,5-6H2. The summed E-state index contributed by atoms with van der Waals surface area (Å²) < 4.78 is 37.5. The highest BCUT2D eigenvalue weighted by Gasteiger charge is 2.36. The lowest BCUT2D eigenvalue weighted by molar-refractivity contribution is -0.141. The van der Waals surface area contributed by atoms with E-state index in [1.165, 1.54) is 6.07 Å². The maximum absolute atomic E-state index is 12.5. The first-order valence-electron chi connectivity index (χ1n) is 5.39. The fraction of sp³-hybridized carbons (Fsp3) is 0.545. The van der Waals surface area contributed by atoms with Crippen molar-refractivity contribution in [2.75, 3.05) is 13.1 Å². The molecule has 2 heterocycles. The van der Waals surface area contributed by atoms with Gasteiger partial charge in [-0.05, 0) is 43.6 Å². The first-order chi connectivity index (χ1) is 7.92. The van der Waals surface area contributed by atoms with Crippen LogP contribution < -0.4 is 5.32 Å². The lowest BCUT2D eigenvalue weighted by atomic mass is 9.85. The highest BCUT2D eigenvalue weighted by molar-refractivity contribution is 5.25. The average Bonchev–Trinajstić information content (AvgIpc) is 2.29. The molecular formula is C11H13F3N2O. The summed E-state index contributed by atoms with van der Waals surface area (Å²) in [7, 11) is 0. The van der Waals surface area contributed by atoms with Crippen molar-refractivity contribution in [1.29, 1.82) is 0 Å². The molecule has 0 amide bonds. The van der Waals surface area contributed by atoms with Crippen molar-refractivity contribution in [3.63, 3.8) is 0 Å². The van der Waals surface area contributed by atoms with Gasteiger partial charge in [0.2, 0.25) is 0 Å². The lowest BCUT2D eigenvalue weighted by Crippen LogP contribution is -2.39. The number of rotatable bonds is 1. The van der Waals surface area contributed by atoms with Crippen molar-refractivity contribution in [3.8, 4) is 0 Å². The number of aliphatic hydroxyl groups is 1. The molecule has 2 rings (SSSR count). The minimum Gasteiger partial charge on any atom is -0.385 e. The smallest absolute Gasteiger partial charge is 0.385 e. The minimum absolute atomic E-state index is 0.293. The summed E-state index contributed by atoms with van der Waals surface area (Å²) in [4.78, 5) is 3.28. The zero-order chi connectivity index (χ0) is 12.5. The van der Waals surface area contributed by atoms with Gasteiger partial charge in [0.25, 0.3) is 0 Å². The number of halogens is 3. The molecule has 0 spiro atoms. The third kappa shape index (κ3) is 2.58. The monoisotopic (exact) mass is 246 g/mol. The molecule has 0 unspecified atom stereocenters. The number of hydrogen-bond donors (Lipinski definition) is 2. The number of nitrogens with one attached hydrogen (secondary N) is 1. The van der Waals surface area contributed by atoms with Gasteiger partial charge in [-0.3, -0.25) is 4.98 Å². The van der Waals surface area contributed by atoms with Gasteiger partial charge in [0.1, 0.15) is 5.69 Å². The van der Waals surface area contributed by atoms with Gasteiger partial charge >= 0.3 is 6.18 Å². The van der Waals surface area contributed by atoms with Crippen LogP contribution in [0.5, 0.6) is 0 Å². The molecule has 1 saturated heterocycles. The van der Waals surface area contributed by atoms with Gasteiger partial charge in [0.15, 0.2) is 0 Å². The van der Waals surface area contributed by atoms with E-state index in [0.717, 1.165) is 12.3 Å². The van der Waals surface area contributed by atoms with Crippen LogP contribution in [0.15, 0.2) is 18.3 Å². The molecule has 0 atom stereocenters. The van der Waals surface area contributed by atoms with E-state index in [2.05, 4.69) is 10.3 Å². The van der Waals surface area contributed by atoms with Gasteiger partial charge in [-0.15, -0.1) is 0 Å². The van der Waals surface area contributed by atoms with E-state index in [1.54, 1.807) is 0 Å². The number of aromatic nitrogens is 1.